The number of alkyl halides is 3. The van der Waals surface area contributed by atoms with Gasteiger partial charge < -0.3 is 10.3 Å². The van der Waals surface area contributed by atoms with Crippen molar-refractivity contribution in [1.29, 1.82) is 0 Å². The summed E-state index contributed by atoms with van der Waals surface area (Å²) in [6.07, 6.45) is -3.40. The molecule has 33 heavy (non-hydrogen) atoms. The van der Waals surface area contributed by atoms with Crippen molar-refractivity contribution < 1.29 is 30.6 Å². The molecule has 0 bridgehead atoms. The van der Waals surface area contributed by atoms with Crippen molar-refractivity contribution in [2.75, 3.05) is 12.9 Å². The molecule has 4 rings (SSSR count). The van der Waals surface area contributed by atoms with E-state index in [9.17, 15) is 31.2 Å². The third-order valence-corrected chi connectivity index (χ3v) is 6.03. The number of fused-ring (bicyclic) bond motifs is 1. The van der Waals surface area contributed by atoms with Gasteiger partial charge in [-0.25, -0.2) is 0 Å². The minimum atomic E-state index is -4.58. The maximum atomic E-state index is 13.4. The normalized spacial score (nSPS) is 19.1. The van der Waals surface area contributed by atoms with E-state index >= 15 is 0 Å². The summed E-state index contributed by atoms with van der Waals surface area (Å²) in [4.78, 5) is 27.6. The molecular formula is C22H19F3N2O5S. The number of nitrogens with one attached hydrogen (secondary N) is 2. The third kappa shape index (κ3) is 4.93. The number of halogens is 3. The molecule has 2 N–H and O–H groups in total. The lowest BCUT2D eigenvalue weighted by molar-refractivity contribution is -0.137. The topological polar surface area (TPSA) is 105 Å². The molecule has 1 aliphatic heterocycles. The molecule has 174 valence electrons. The monoisotopic (exact) mass is 480 g/mol. The van der Waals surface area contributed by atoms with Gasteiger partial charge in [0.2, 0.25) is 5.91 Å². The van der Waals surface area contributed by atoms with Crippen molar-refractivity contribution >= 4 is 26.8 Å². The second-order valence-electron chi connectivity index (χ2n) is 7.88. The van der Waals surface area contributed by atoms with Gasteiger partial charge in [0.25, 0.3) is 15.7 Å². The van der Waals surface area contributed by atoms with Crippen LogP contribution in [0, 0.1) is 0 Å². The van der Waals surface area contributed by atoms with E-state index in [4.69, 9.17) is 4.18 Å². The molecule has 2 aromatic carbocycles. The molecule has 0 saturated carbocycles. The third-order valence-electron chi connectivity index (χ3n) is 5.46. The molecule has 1 amide bonds. The van der Waals surface area contributed by atoms with Gasteiger partial charge >= 0.3 is 6.18 Å². The standard InChI is InChI=1S/C22H19F3N2O5S/c1-33(30,31)32-11-14-10-17(20(28)26-14)12-6-7-13-9-19(27-21(29)16(13)8-12)15-4-2-3-5-18(15)22(23,24)25/h2-9,14,17H,10-11H2,1H3,(H,26,28)(H,27,29)/t14?,17-/m1/s1. The van der Waals surface area contributed by atoms with Crippen molar-refractivity contribution in [3.05, 3.63) is 70.0 Å². The van der Waals surface area contributed by atoms with Crippen LogP contribution < -0.4 is 10.9 Å². The zero-order chi connectivity index (χ0) is 24.0. The van der Waals surface area contributed by atoms with Gasteiger partial charge in [0, 0.05) is 16.6 Å². The zero-order valence-electron chi connectivity index (χ0n) is 17.3. The molecule has 2 heterocycles. The van der Waals surface area contributed by atoms with E-state index in [0.717, 1.165) is 12.3 Å². The highest BCUT2D eigenvalue weighted by atomic mass is 32.2. The summed E-state index contributed by atoms with van der Waals surface area (Å²) in [6, 6.07) is 10.7. The highest BCUT2D eigenvalue weighted by Gasteiger charge is 2.35. The summed E-state index contributed by atoms with van der Waals surface area (Å²) in [5.74, 6) is -0.948. The number of aromatic nitrogens is 1. The van der Waals surface area contributed by atoms with Crippen LogP contribution in [0.15, 0.2) is 53.3 Å². The van der Waals surface area contributed by atoms with Crippen LogP contribution in [0.25, 0.3) is 22.0 Å². The van der Waals surface area contributed by atoms with Crippen molar-refractivity contribution in [3.8, 4) is 11.3 Å². The number of carbonyl (C=O) groups is 1. The number of hydrogen-bond donors (Lipinski definition) is 2. The van der Waals surface area contributed by atoms with Gasteiger partial charge in [0.1, 0.15) is 0 Å². The molecular weight excluding hydrogens is 461 g/mol. The maximum Gasteiger partial charge on any atom is 0.417 e. The first-order valence-electron chi connectivity index (χ1n) is 9.91. The molecule has 0 spiro atoms. The Kier molecular flexibility index (Phi) is 5.79. The summed E-state index contributed by atoms with van der Waals surface area (Å²) in [6.45, 7) is -0.197. The zero-order valence-corrected chi connectivity index (χ0v) is 18.1. The molecule has 2 atom stereocenters. The van der Waals surface area contributed by atoms with E-state index in [1.54, 1.807) is 12.1 Å². The molecule has 1 unspecified atom stereocenters. The van der Waals surface area contributed by atoms with Crippen LogP contribution in [0.4, 0.5) is 13.2 Å². The van der Waals surface area contributed by atoms with E-state index in [-0.39, 0.29) is 35.6 Å². The van der Waals surface area contributed by atoms with E-state index in [2.05, 4.69) is 10.3 Å². The number of rotatable bonds is 5. The van der Waals surface area contributed by atoms with Crippen LogP contribution in [-0.2, 0) is 25.3 Å². The fourth-order valence-corrected chi connectivity index (χ4v) is 4.37. The number of carbonyl (C=O) groups excluding carboxylic acids is 1. The Balaban J connectivity index is 1.67. The van der Waals surface area contributed by atoms with Crippen molar-refractivity contribution in [2.45, 2.75) is 24.6 Å². The lowest BCUT2D eigenvalue weighted by atomic mass is 9.93. The van der Waals surface area contributed by atoms with Gasteiger partial charge in [0.05, 0.1) is 30.4 Å². The van der Waals surface area contributed by atoms with Gasteiger partial charge in [-0.1, -0.05) is 30.3 Å². The molecule has 1 aromatic heterocycles. The molecule has 0 aliphatic carbocycles. The van der Waals surface area contributed by atoms with Crippen LogP contribution in [0.3, 0.4) is 0 Å². The van der Waals surface area contributed by atoms with Crippen molar-refractivity contribution in [1.82, 2.24) is 10.3 Å². The first-order valence-corrected chi connectivity index (χ1v) is 11.7. The molecule has 7 nitrogen and oxygen atoms in total. The minimum Gasteiger partial charge on any atom is -0.350 e. The Labute approximate surface area is 186 Å². The summed E-state index contributed by atoms with van der Waals surface area (Å²) in [5.41, 5.74) is -1.02. The fraction of sp³-hybridized carbons (Fsp3) is 0.273. The Hall–Kier alpha value is -3.18. The maximum absolute atomic E-state index is 13.4. The van der Waals surface area contributed by atoms with E-state index < -0.39 is 39.4 Å². The summed E-state index contributed by atoms with van der Waals surface area (Å²) >= 11 is 0. The predicted octanol–water partition coefficient (Wildman–Crippen LogP) is 3.16. The van der Waals surface area contributed by atoms with Gasteiger partial charge in [0.15, 0.2) is 0 Å². The van der Waals surface area contributed by atoms with E-state index in [0.29, 0.717) is 10.9 Å². The number of pyridine rings is 1. The first-order chi connectivity index (χ1) is 15.4. The van der Waals surface area contributed by atoms with Crippen LogP contribution in [0.5, 0.6) is 0 Å². The average Bonchev–Trinajstić information content (AvgIpc) is 3.11. The second kappa shape index (κ2) is 8.31. The Morgan fingerprint density at radius 3 is 2.52 bits per heavy atom. The number of hydrogen-bond acceptors (Lipinski definition) is 5. The second-order valence-corrected chi connectivity index (χ2v) is 9.53. The molecule has 1 aliphatic rings. The molecule has 3 aromatic rings. The highest BCUT2D eigenvalue weighted by molar-refractivity contribution is 7.85. The number of benzene rings is 2. The largest absolute Gasteiger partial charge is 0.417 e. The van der Waals surface area contributed by atoms with Gasteiger partial charge in [-0.05, 0) is 35.6 Å². The van der Waals surface area contributed by atoms with Gasteiger partial charge in [-0.3, -0.25) is 13.8 Å². The summed E-state index contributed by atoms with van der Waals surface area (Å²) in [5, 5.41) is 3.32. The Morgan fingerprint density at radius 2 is 1.82 bits per heavy atom. The number of amides is 1. The molecule has 1 saturated heterocycles. The number of aromatic amines is 1. The lowest BCUT2D eigenvalue weighted by Gasteiger charge is -2.14. The smallest absolute Gasteiger partial charge is 0.350 e. The van der Waals surface area contributed by atoms with Gasteiger partial charge in [-0.15, -0.1) is 0 Å². The Morgan fingerprint density at radius 1 is 1.09 bits per heavy atom. The quantitative estimate of drug-likeness (QED) is 0.546. The first kappa shape index (κ1) is 23.0. The minimum absolute atomic E-state index is 0.0322. The van der Waals surface area contributed by atoms with Crippen LogP contribution in [0.2, 0.25) is 0 Å². The number of H-pyrrole nitrogens is 1. The predicted molar refractivity (Wildman–Crippen MR) is 115 cm³/mol. The lowest BCUT2D eigenvalue weighted by Crippen LogP contribution is -2.30. The van der Waals surface area contributed by atoms with Crippen LogP contribution >= 0.6 is 0 Å². The SMILES string of the molecule is CS(=O)(=O)OCC1C[C@H](c2ccc3cc(-c4ccccc4C(F)(F)F)[nH]c(=O)c3c2)C(=O)N1. The van der Waals surface area contributed by atoms with Crippen molar-refractivity contribution in [3.63, 3.8) is 0 Å². The summed E-state index contributed by atoms with van der Waals surface area (Å²) in [7, 11) is -3.65. The van der Waals surface area contributed by atoms with Crippen molar-refractivity contribution in [2.24, 2.45) is 0 Å². The average molecular weight is 480 g/mol. The van der Waals surface area contributed by atoms with Gasteiger partial charge in [-0.2, -0.15) is 21.6 Å². The van der Waals surface area contributed by atoms with Crippen LogP contribution in [-0.4, -0.2) is 38.2 Å². The molecule has 1 fully saturated rings. The van der Waals surface area contributed by atoms with E-state index in [1.807, 2.05) is 0 Å². The highest BCUT2D eigenvalue weighted by Crippen LogP contribution is 2.37. The fourth-order valence-electron chi connectivity index (χ4n) is 3.96. The van der Waals surface area contributed by atoms with E-state index in [1.165, 1.54) is 30.3 Å². The Bertz CT molecular complexity index is 1400. The summed E-state index contributed by atoms with van der Waals surface area (Å²) < 4.78 is 67.3. The molecule has 0 radical (unpaired) electrons. The van der Waals surface area contributed by atoms with Crippen LogP contribution in [0.1, 0.15) is 23.5 Å². The molecule has 11 heteroatoms.